The molecule has 0 radical (unpaired) electrons. The van der Waals surface area contributed by atoms with E-state index in [1.165, 1.54) is 0 Å². The third kappa shape index (κ3) is 3.34. The average Bonchev–Trinajstić information content (AvgIpc) is 2.48. The Morgan fingerprint density at radius 3 is 2.35 bits per heavy atom. The lowest BCUT2D eigenvalue weighted by Crippen LogP contribution is -2.58. The van der Waals surface area contributed by atoms with E-state index in [2.05, 4.69) is 0 Å². The predicted molar refractivity (Wildman–Crippen MR) is 77.7 cm³/mol. The van der Waals surface area contributed by atoms with E-state index in [1.54, 1.807) is 13.8 Å². The Balaban J connectivity index is 2.42. The molecule has 7 heteroatoms. The fourth-order valence-corrected chi connectivity index (χ4v) is 2.92. The molecule has 2 rings (SSSR count). The molecule has 0 bridgehead atoms. The van der Waals surface area contributed by atoms with Crippen molar-refractivity contribution in [2.24, 2.45) is 0 Å². The van der Waals surface area contributed by atoms with Crippen molar-refractivity contribution >= 4 is 11.9 Å². The van der Waals surface area contributed by atoms with E-state index in [0.29, 0.717) is 12.8 Å². The highest BCUT2D eigenvalue weighted by Crippen LogP contribution is 2.35. The number of carboxylic acid groups (broad SMARTS) is 1. The summed E-state index contributed by atoms with van der Waals surface area (Å²) in [5, 5.41) is 9.09. The number of amides is 1. The second kappa shape index (κ2) is 6.62. The number of aliphatic carboxylic acids is 1. The molecule has 1 aromatic carbocycles. The zero-order chi connectivity index (χ0) is 17.2. The van der Waals surface area contributed by atoms with Crippen LogP contribution >= 0.6 is 0 Å². The van der Waals surface area contributed by atoms with Crippen LogP contribution in [0.3, 0.4) is 0 Å². The van der Waals surface area contributed by atoms with Crippen LogP contribution < -0.4 is 0 Å². The number of halogens is 2. The first kappa shape index (κ1) is 17.3. The van der Waals surface area contributed by atoms with Crippen LogP contribution in [0.15, 0.2) is 18.2 Å². The Kier molecular flexibility index (Phi) is 4.99. The van der Waals surface area contributed by atoms with Gasteiger partial charge >= 0.3 is 5.97 Å². The van der Waals surface area contributed by atoms with E-state index < -0.39 is 41.7 Å². The molecule has 1 aliphatic heterocycles. The van der Waals surface area contributed by atoms with E-state index in [4.69, 9.17) is 9.84 Å². The van der Waals surface area contributed by atoms with Gasteiger partial charge in [0, 0.05) is 6.07 Å². The molecule has 0 unspecified atom stereocenters. The fourth-order valence-electron chi connectivity index (χ4n) is 2.92. The van der Waals surface area contributed by atoms with Gasteiger partial charge in [-0.05, 0) is 30.5 Å². The maximum atomic E-state index is 13.5. The maximum Gasteiger partial charge on any atom is 0.323 e. The number of benzene rings is 1. The van der Waals surface area contributed by atoms with Crippen molar-refractivity contribution in [2.45, 2.75) is 38.3 Å². The van der Waals surface area contributed by atoms with Gasteiger partial charge in [-0.25, -0.2) is 8.78 Å². The molecule has 1 aliphatic rings. The average molecular weight is 327 g/mol. The SMILES string of the molecule is CCC1(CC)OC[C@@H](c2cc(F)cc(F)c2)N(CC(=O)O)C1=O. The molecule has 5 nitrogen and oxygen atoms in total. The van der Waals surface area contributed by atoms with Crippen LogP contribution in [0.1, 0.15) is 38.3 Å². The zero-order valence-corrected chi connectivity index (χ0v) is 13.0. The lowest BCUT2D eigenvalue weighted by atomic mass is 9.90. The molecule has 1 aromatic rings. The highest BCUT2D eigenvalue weighted by atomic mass is 19.1. The Morgan fingerprint density at radius 1 is 1.30 bits per heavy atom. The van der Waals surface area contributed by atoms with Crippen LogP contribution in [0.25, 0.3) is 0 Å². The Hall–Kier alpha value is -2.02. The Bertz CT molecular complexity index is 596. The summed E-state index contributed by atoms with van der Waals surface area (Å²) < 4.78 is 32.6. The van der Waals surface area contributed by atoms with E-state index >= 15 is 0 Å². The summed E-state index contributed by atoms with van der Waals surface area (Å²) in [6.07, 6.45) is 0.783. The zero-order valence-electron chi connectivity index (χ0n) is 13.0. The normalized spacial score (nSPS) is 20.6. The van der Waals surface area contributed by atoms with Gasteiger partial charge in [0.25, 0.3) is 5.91 Å². The van der Waals surface area contributed by atoms with Crippen LogP contribution in [0.5, 0.6) is 0 Å². The van der Waals surface area contributed by atoms with Crippen LogP contribution in [0.2, 0.25) is 0 Å². The van der Waals surface area contributed by atoms with Gasteiger partial charge in [-0.1, -0.05) is 13.8 Å². The summed E-state index contributed by atoms with van der Waals surface area (Å²) in [6.45, 7) is 3.00. The van der Waals surface area contributed by atoms with Crippen molar-refractivity contribution in [2.75, 3.05) is 13.2 Å². The smallest absolute Gasteiger partial charge is 0.323 e. The molecule has 1 saturated heterocycles. The van der Waals surface area contributed by atoms with Crippen molar-refractivity contribution in [1.29, 1.82) is 0 Å². The van der Waals surface area contributed by atoms with E-state index in [0.717, 1.165) is 23.1 Å². The molecule has 1 atom stereocenters. The van der Waals surface area contributed by atoms with Crippen molar-refractivity contribution in [1.82, 2.24) is 4.90 Å². The fraction of sp³-hybridized carbons (Fsp3) is 0.500. The highest BCUT2D eigenvalue weighted by molar-refractivity contribution is 5.89. The summed E-state index contributed by atoms with van der Waals surface area (Å²) in [5.74, 6) is -3.23. The number of rotatable bonds is 5. The summed E-state index contributed by atoms with van der Waals surface area (Å²) >= 11 is 0. The quantitative estimate of drug-likeness (QED) is 0.902. The third-order valence-corrected chi connectivity index (χ3v) is 4.26. The summed E-state index contributed by atoms with van der Waals surface area (Å²) in [4.78, 5) is 25.0. The summed E-state index contributed by atoms with van der Waals surface area (Å²) in [7, 11) is 0. The minimum Gasteiger partial charge on any atom is -0.480 e. The first-order chi connectivity index (χ1) is 10.8. The maximum absolute atomic E-state index is 13.5. The monoisotopic (exact) mass is 327 g/mol. The molecule has 0 aromatic heterocycles. The van der Waals surface area contributed by atoms with Crippen LogP contribution in [-0.4, -0.2) is 40.6 Å². The first-order valence-electron chi connectivity index (χ1n) is 7.45. The Morgan fingerprint density at radius 2 is 1.87 bits per heavy atom. The molecule has 0 aliphatic carbocycles. The molecule has 1 amide bonds. The summed E-state index contributed by atoms with van der Waals surface area (Å²) in [6, 6.07) is 2.06. The molecule has 0 spiro atoms. The molecule has 1 heterocycles. The molecule has 1 fully saturated rings. The number of nitrogens with zero attached hydrogens (tertiary/aromatic N) is 1. The molecular weight excluding hydrogens is 308 g/mol. The van der Waals surface area contributed by atoms with Crippen LogP contribution in [0.4, 0.5) is 8.78 Å². The van der Waals surface area contributed by atoms with Crippen LogP contribution in [0, 0.1) is 11.6 Å². The molecule has 126 valence electrons. The number of carbonyl (C=O) groups excluding carboxylic acids is 1. The van der Waals surface area contributed by atoms with E-state index in [-0.39, 0.29) is 12.2 Å². The van der Waals surface area contributed by atoms with Gasteiger partial charge < -0.3 is 14.7 Å². The minimum absolute atomic E-state index is 0.0103. The van der Waals surface area contributed by atoms with E-state index in [9.17, 15) is 18.4 Å². The predicted octanol–water partition coefficient (Wildman–Crippen LogP) is 2.51. The standard InChI is InChI=1S/C16H19F2NO4/c1-3-16(4-2)15(22)19(8-14(20)21)13(9-23-16)10-5-11(17)7-12(18)6-10/h5-7,13H,3-4,8-9H2,1-2H3,(H,20,21)/t13-/m0/s1. The number of hydrogen-bond acceptors (Lipinski definition) is 3. The third-order valence-electron chi connectivity index (χ3n) is 4.26. The minimum atomic E-state index is -1.19. The van der Waals surface area contributed by atoms with E-state index in [1.807, 2.05) is 0 Å². The van der Waals surface area contributed by atoms with Gasteiger partial charge in [0.1, 0.15) is 23.8 Å². The van der Waals surface area contributed by atoms with Crippen molar-refractivity contribution in [3.05, 3.63) is 35.4 Å². The van der Waals surface area contributed by atoms with Crippen molar-refractivity contribution in [3.8, 4) is 0 Å². The first-order valence-corrected chi connectivity index (χ1v) is 7.45. The van der Waals surface area contributed by atoms with Gasteiger partial charge in [-0.3, -0.25) is 9.59 Å². The lowest BCUT2D eigenvalue weighted by molar-refractivity contribution is -0.184. The second-order valence-corrected chi connectivity index (χ2v) is 5.56. The number of morpholine rings is 1. The molecule has 1 N–H and O–H groups in total. The summed E-state index contributed by atoms with van der Waals surface area (Å²) in [5.41, 5.74) is -0.907. The molecule has 0 saturated carbocycles. The molecular formula is C16H19F2NO4. The number of hydrogen-bond donors (Lipinski definition) is 1. The van der Waals surface area contributed by atoms with Gasteiger partial charge in [-0.2, -0.15) is 0 Å². The van der Waals surface area contributed by atoms with Gasteiger partial charge in [0.15, 0.2) is 0 Å². The van der Waals surface area contributed by atoms with Crippen molar-refractivity contribution < 1.29 is 28.2 Å². The second-order valence-electron chi connectivity index (χ2n) is 5.56. The number of carboxylic acids is 1. The Labute approximate surface area is 132 Å². The van der Waals surface area contributed by atoms with Gasteiger partial charge in [-0.15, -0.1) is 0 Å². The number of ether oxygens (including phenoxy) is 1. The lowest BCUT2D eigenvalue weighted by Gasteiger charge is -2.45. The van der Waals surface area contributed by atoms with Crippen molar-refractivity contribution in [3.63, 3.8) is 0 Å². The van der Waals surface area contributed by atoms with Gasteiger partial charge in [0.05, 0.1) is 12.6 Å². The largest absolute Gasteiger partial charge is 0.480 e. The topological polar surface area (TPSA) is 66.8 Å². The molecule has 23 heavy (non-hydrogen) atoms. The van der Waals surface area contributed by atoms with Crippen LogP contribution in [-0.2, 0) is 14.3 Å². The van der Waals surface area contributed by atoms with Gasteiger partial charge in [0.2, 0.25) is 0 Å². The highest BCUT2D eigenvalue weighted by Gasteiger charge is 2.47. The number of carbonyl (C=O) groups is 2.